The Kier molecular flexibility index (Phi) is 11.0. The van der Waals surface area contributed by atoms with Crippen LogP contribution in [0.1, 0.15) is 70.8 Å². The number of aliphatic imine (C=N–C) groups is 1. The number of benzene rings is 2. The van der Waals surface area contributed by atoms with E-state index in [9.17, 15) is 19.2 Å². The summed E-state index contributed by atoms with van der Waals surface area (Å²) in [6, 6.07) is 14.1. The number of imidazole rings is 1. The van der Waals surface area contributed by atoms with Crippen molar-refractivity contribution in [3.63, 3.8) is 0 Å². The molecule has 4 atom stereocenters. The first-order chi connectivity index (χ1) is 26.9. The van der Waals surface area contributed by atoms with Gasteiger partial charge in [0.1, 0.15) is 17.9 Å². The third kappa shape index (κ3) is 7.66. The number of hydrogen-bond donors (Lipinski definition) is 3. The Balaban J connectivity index is 1.05. The Morgan fingerprint density at radius 3 is 1.88 bits per heavy atom. The zero-order valence-electron chi connectivity index (χ0n) is 32.7. The molecule has 7 rings (SSSR count). The number of ether oxygens (including phenoxy) is 2. The van der Waals surface area contributed by atoms with Crippen molar-refractivity contribution in [2.75, 3.05) is 27.3 Å². The molecule has 0 bridgehead atoms. The topological polar surface area (TPSA) is 184 Å². The molecule has 2 aromatic heterocycles. The molecule has 0 aliphatic carbocycles. The Bertz CT molecular complexity index is 2160. The molecule has 5 heterocycles. The van der Waals surface area contributed by atoms with E-state index in [4.69, 9.17) is 19.5 Å². The van der Waals surface area contributed by atoms with Gasteiger partial charge in [0.15, 0.2) is 0 Å². The molecular formula is C41H49N9O6. The molecule has 4 aromatic rings. The van der Waals surface area contributed by atoms with E-state index in [1.54, 1.807) is 4.90 Å². The molecule has 56 heavy (non-hydrogen) atoms. The predicted octanol–water partition coefficient (Wildman–Crippen LogP) is 5.73. The van der Waals surface area contributed by atoms with Crippen LogP contribution in [0, 0.1) is 11.8 Å². The van der Waals surface area contributed by atoms with Gasteiger partial charge >= 0.3 is 12.2 Å². The van der Waals surface area contributed by atoms with E-state index in [1.165, 1.54) is 14.2 Å². The van der Waals surface area contributed by atoms with Gasteiger partial charge in [0, 0.05) is 36.3 Å². The first-order valence-electron chi connectivity index (χ1n) is 19.3. The van der Waals surface area contributed by atoms with Crippen molar-refractivity contribution in [2.45, 2.75) is 84.0 Å². The van der Waals surface area contributed by atoms with Gasteiger partial charge in [-0.3, -0.25) is 14.6 Å². The standard InChI is InChI=1S/C41H49N9O6/c1-22(2)35(45-40(53)55-5)38(51)49-17-7-9-33(49)32-21-26-12-11-24(19-30(26)42-32)27-15-16-28(48-47-27)25-13-14-29-31(20-25)44-37(43-29)34-10-8-18-50(34)39(52)36(23(3)4)46-41(54)56-6/h11-16,19-20,22-23,33-36H,7-10,17-18,21H2,1-6H3,(H,43,44)(H,45,53)(H,46,54)/t33-,34?,35+,36+/m0/s1. The fourth-order valence-corrected chi connectivity index (χ4v) is 7.99. The summed E-state index contributed by atoms with van der Waals surface area (Å²) in [6.45, 7) is 8.80. The van der Waals surface area contributed by atoms with Gasteiger partial charge in [-0.1, -0.05) is 45.9 Å². The van der Waals surface area contributed by atoms with E-state index in [1.807, 2.05) is 75.1 Å². The van der Waals surface area contributed by atoms with Gasteiger partial charge in [-0.05, 0) is 73.4 Å². The quantitative estimate of drug-likeness (QED) is 0.182. The number of nitrogens with zero attached hydrogens (tertiary/aromatic N) is 6. The number of hydrogen-bond acceptors (Lipinski definition) is 10. The Labute approximate surface area is 325 Å². The van der Waals surface area contributed by atoms with E-state index < -0.39 is 24.3 Å². The average Bonchev–Trinajstić information content (AvgIpc) is 4.03. The molecule has 4 amide bonds. The van der Waals surface area contributed by atoms with Crippen LogP contribution < -0.4 is 10.6 Å². The minimum atomic E-state index is -0.704. The number of nitrogens with one attached hydrogen (secondary N) is 3. The van der Waals surface area contributed by atoms with Crippen LogP contribution in [0.5, 0.6) is 0 Å². The molecule has 2 saturated heterocycles. The number of carbonyl (C=O) groups is 4. The fraction of sp³-hybridized carbons (Fsp3) is 0.463. The normalized spacial score (nSPS) is 18.9. The van der Waals surface area contributed by atoms with E-state index in [-0.39, 0.29) is 35.7 Å². The van der Waals surface area contributed by atoms with Crippen LogP contribution in [-0.4, -0.2) is 105 Å². The maximum atomic E-state index is 13.6. The Morgan fingerprint density at radius 1 is 0.750 bits per heavy atom. The first kappa shape index (κ1) is 38.4. The van der Waals surface area contributed by atoms with Crippen LogP contribution in [0.25, 0.3) is 33.5 Å². The van der Waals surface area contributed by atoms with E-state index in [0.29, 0.717) is 36.7 Å². The number of methoxy groups -OCH3 is 2. The fourth-order valence-electron chi connectivity index (χ4n) is 7.99. The molecule has 3 N–H and O–H groups in total. The molecule has 0 radical (unpaired) electrons. The maximum Gasteiger partial charge on any atom is 0.407 e. The zero-order valence-corrected chi connectivity index (χ0v) is 32.7. The molecule has 294 valence electrons. The molecule has 2 fully saturated rings. The van der Waals surface area contributed by atoms with Crippen molar-refractivity contribution in [2.24, 2.45) is 16.8 Å². The van der Waals surface area contributed by atoms with E-state index >= 15 is 0 Å². The van der Waals surface area contributed by atoms with Crippen molar-refractivity contribution in [1.29, 1.82) is 0 Å². The van der Waals surface area contributed by atoms with Crippen molar-refractivity contribution < 1.29 is 28.7 Å². The zero-order chi connectivity index (χ0) is 39.7. The Morgan fingerprint density at radius 2 is 1.30 bits per heavy atom. The number of fused-ring (bicyclic) bond motifs is 2. The number of H-pyrrole nitrogens is 1. The van der Waals surface area contributed by atoms with Crippen LogP contribution in [0.2, 0.25) is 0 Å². The molecule has 15 heteroatoms. The highest BCUT2D eigenvalue weighted by Gasteiger charge is 2.40. The average molecular weight is 764 g/mol. The first-order valence-corrected chi connectivity index (χ1v) is 19.3. The van der Waals surface area contributed by atoms with Gasteiger partial charge in [0.2, 0.25) is 11.8 Å². The van der Waals surface area contributed by atoms with Crippen LogP contribution in [0.3, 0.4) is 0 Å². The van der Waals surface area contributed by atoms with Crippen LogP contribution in [0.15, 0.2) is 53.5 Å². The van der Waals surface area contributed by atoms with Crippen molar-refractivity contribution in [3.05, 3.63) is 59.9 Å². The van der Waals surface area contributed by atoms with Gasteiger partial charge in [-0.15, -0.1) is 10.2 Å². The molecule has 15 nitrogen and oxygen atoms in total. The second-order valence-electron chi connectivity index (χ2n) is 15.4. The smallest absolute Gasteiger partial charge is 0.407 e. The third-order valence-electron chi connectivity index (χ3n) is 11.0. The number of carbonyl (C=O) groups excluding carboxylic acids is 4. The monoisotopic (exact) mass is 763 g/mol. The Hall–Kier alpha value is -5.86. The number of aromatic amines is 1. The molecule has 3 aliphatic rings. The van der Waals surface area contributed by atoms with E-state index in [2.05, 4.69) is 31.9 Å². The summed E-state index contributed by atoms with van der Waals surface area (Å²) >= 11 is 0. The second-order valence-corrected chi connectivity index (χ2v) is 15.4. The lowest BCUT2D eigenvalue weighted by Gasteiger charge is -2.30. The van der Waals surface area contributed by atoms with Gasteiger partial charge in [0.05, 0.1) is 54.4 Å². The molecule has 2 aromatic carbocycles. The summed E-state index contributed by atoms with van der Waals surface area (Å²) in [5, 5.41) is 14.6. The number of alkyl carbamates (subject to hydrolysis) is 2. The van der Waals surface area contributed by atoms with Gasteiger partial charge in [-0.25, -0.2) is 14.6 Å². The summed E-state index contributed by atoms with van der Waals surface area (Å²) in [4.78, 5) is 68.2. The predicted molar refractivity (Wildman–Crippen MR) is 210 cm³/mol. The number of aromatic nitrogens is 4. The summed E-state index contributed by atoms with van der Waals surface area (Å²) in [5.41, 5.74) is 7.68. The lowest BCUT2D eigenvalue weighted by atomic mass is 9.99. The summed E-state index contributed by atoms with van der Waals surface area (Å²) in [6.07, 6.45) is 2.68. The number of likely N-dealkylation sites (tertiary alicyclic amines) is 2. The minimum Gasteiger partial charge on any atom is -0.453 e. The lowest BCUT2D eigenvalue weighted by molar-refractivity contribution is -0.135. The van der Waals surface area contributed by atoms with Crippen LogP contribution in [0.4, 0.5) is 15.3 Å². The largest absolute Gasteiger partial charge is 0.453 e. The van der Waals surface area contributed by atoms with Crippen LogP contribution in [-0.2, 0) is 25.5 Å². The highest BCUT2D eigenvalue weighted by Crippen LogP contribution is 2.36. The van der Waals surface area contributed by atoms with Crippen molar-refractivity contribution in [3.8, 4) is 22.5 Å². The minimum absolute atomic E-state index is 0.101. The lowest BCUT2D eigenvalue weighted by Crippen LogP contribution is -2.53. The van der Waals surface area contributed by atoms with E-state index in [0.717, 1.165) is 64.8 Å². The highest BCUT2D eigenvalue weighted by atomic mass is 16.5. The van der Waals surface area contributed by atoms with Gasteiger partial charge in [0.25, 0.3) is 0 Å². The molecule has 0 saturated carbocycles. The number of rotatable bonds is 10. The molecule has 1 unspecified atom stereocenters. The SMILES string of the molecule is COC(=O)N[C@@H](C(=O)N1CCCC1c1nc2ccc(-c3ccc(-c4ccc5c(c4)N=C([C@@H]4CCCN4C(=O)[C@H](NC(=O)OC)C(C)C)C5)nn3)cc2[nH]1)C(C)C. The maximum absolute atomic E-state index is 13.6. The third-order valence-corrected chi connectivity index (χ3v) is 11.0. The van der Waals surface area contributed by atoms with Gasteiger partial charge < -0.3 is 34.9 Å². The van der Waals surface area contributed by atoms with Crippen LogP contribution >= 0.6 is 0 Å². The molecule has 3 aliphatic heterocycles. The van der Waals surface area contributed by atoms with Gasteiger partial charge in [-0.2, -0.15) is 0 Å². The van der Waals surface area contributed by atoms with Crippen molar-refractivity contribution >= 4 is 46.4 Å². The summed E-state index contributed by atoms with van der Waals surface area (Å²) in [7, 11) is 2.58. The molecular weight excluding hydrogens is 715 g/mol. The highest BCUT2D eigenvalue weighted by molar-refractivity contribution is 6.01. The second kappa shape index (κ2) is 16.1. The summed E-state index contributed by atoms with van der Waals surface area (Å²) in [5.74, 6) is 0.213. The molecule has 0 spiro atoms. The summed E-state index contributed by atoms with van der Waals surface area (Å²) < 4.78 is 9.53. The number of amides is 4. The van der Waals surface area contributed by atoms with Crippen molar-refractivity contribution in [1.82, 2.24) is 40.6 Å².